The number of benzene rings is 1. The van der Waals surface area contributed by atoms with Gasteiger partial charge in [-0.1, -0.05) is 6.07 Å². The zero-order valence-corrected chi connectivity index (χ0v) is 12.8. The van der Waals surface area contributed by atoms with E-state index in [1.165, 1.54) is 7.05 Å². The van der Waals surface area contributed by atoms with Crippen LogP contribution in [0.4, 0.5) is 4.79 Å². The molecule has 0 N–H and O–H groups in total. The normalized spacial score (nSPS) is 16.6. The van der Waals surface area contributed by atoms with E-state index < -0.39 is 0 Å². The van der Waals surface area contributed by atoms with Crippen molar-refractivity contribution in [2.45, 2.75) is 0 Å². The minimum absolute atomic E-state index is 0.0350. The maximum absolute atomic E-state index is 11.8. The van der Waals surface area contributed by atoms with Crippen LogP contribution >= 0.6 is 27.7 Å². The van der Waals surface area contributed by atoms with Gasteiger partial charge in [0.05, 0.1) is 9.38 Å². The standard InChI is InChI=1S/C13H9BrN2O3S/c1-16-12(17)11(20-13(16)18)7-8-2-3-10(9(14)6-8)19-5-4-15/h2-3,6-7H,5H2,1H3/b11-7-. The molecule has 0 aliphatic carbocycles. The van der Waals surface area contributed by atoms with Gasteiger partial charge in [-0.2, -0.15) is 5.26 Å². The summed E-state index contributed by atoms with van der Waals surface area (Å²) in [6, 6.07) is 7.10. The Hall–Kier alpha value is -1.78. The molecular weight excluding hydrogens is 344 g/mol. The first-order valence-corrected chi connectivity index (χ1v) is 7.14. The minimum atomic E-state index is -0.305. The van der Waals surface area contributed by atoms with E-state index >= 15 is 0 Å². The average molecular weight is 353 g/mol. The molecule has 7 heteroatoms. The molecule has 1 aliphatic rings. The van der Waals surface area contributed by atoms with Crippen molar-refractivity contribution in [2.24, 2.45) is 0 Å². The van der Waals surface area contributed by atoms with Crippen LogP contribution in [0.1, 0.15) is 5.56 Å². The third-order valence-corrected chi connectivity index (χ3v) is 4.11. The van der Waals surface area contributed by atoms with Crippen LogP contribution in [0.5, 0.6) is 5.75 Å². The van der Waals surface area contributed by atoms with Gasteiger partial charge in [0, 0.05) is 7.05 Å². The monoisotopic (exact) mass is 352 g/mol. The van der Waals surface area contributed by atoms with Crippen molar-refractivity contribution in [1.29, 1.82) is 5.26 Å². The Bertz CT molecular complexity index is 652. The Morgan fingerprint density at radius 3 is 2.80 bits per heavy atom. The summed E-state index contributed by atoms with van der Waals surface area (Å²) in [6.45, 7) is -0.0350. The predicted octanol–water partition coefficient (Wildman–Crippen LogP) is 3.02. The lowest BCUT2D eigenvalue weighted by molar-refractivity contribution is -0.121. The fourth-order valence-corrected chi connectivity index (χ4v) is 2.87. The Labute approximate surface area is 128 Å². The van der Waals surface area contributed by atoms with Gasteiger partial charge in [0.2, 0.25) is 0 Å². The Balaban J connectivity index is 2.23. The van der Waals surface area contributed by atoms with Gasteiger partial charge >= 0.3 is 0 Å². The van der Waals surface area contributed by atoms with Crippen LogP contribution in [0.2, 0.25) is 0 Å². The molecule has 20 heavy (non-hydrogen) atoms. The molecule has 0 unspecified atom stereocenters. The highest BCUT2D eigenvalue weighted by Gasteiger charge is 2.31. The van der Waals surface area contributed by atoms with Gasteiger partial charge in [-0.15, -0.1) is 0 Å². The number of halogens is 1. The zero-order valence-electron chi connectivity index (χ0n) is 10.4. The summed E-state index contributed by atoms with van der Waals surface area (Å²) in [5, 5.41) is 8.18. The topological polar surface area (TPSA) is 70.4 Å². The Morgan fingerprint density at radius 1 is 1.50 bits per heavy atom. The number of thioether (sulfide) groups is 1. The van der Waals surface area contributed by atoms with Gasteiger partial charge in [0.25, 0.3) is 11.1 Å². The largest absolute Gasteiger partial charge is 0.478 e. The Kier molecular flexibility index (Phi) is 4.47. The van der Waals surface area contributed by atoms with E-state index in [1.807, 2.05) is 6.07 Å². The second-order valence-electron chi connectivity index (χ2n) is 3.88. The molecule has 1 aromatic carbocycles. The van der Waals surface area contributed by atoms with Crippen LogP contribution < -0.4 is 4.74 Å². The minimum Gasteiger partial charge on any atom is -0.478 e. The number of nitrogens with zero attached hydrogens (tertiary/aromatic N) is 2. The van der Waals surface area contributed by atoms with Crippen molar-refractivity contribution >= 4 is 44.9 Å². The van der Waals surface area contributed by atoms with Crippen molar-refractivity contribution in [2.75, 3.05) is 13.7 Å². The van der Waals surface area contributed by atoms with Crippen molar-refractivity contribution in [1.82, 2.24) is 4.90 Å². The van der Waals surface area contributed by atoms with Gasteiger partial charge in [0.1, 0.15) is 11.8 Å². The van der Waals surface area contributed by atoms with Crippen LogP contribution in [0.3, 0.4) is 0 Å². The molecule has 0 atom stereocenters. The molecule has 1 aliphatic heterocycles. The number of rotatable bonds is 3. The molecule has 1 fully saturated rings. The van der Waals surface area contributed by atoms with E-state index in [9.17, 15) is 9.59 Å². The van der Waals surface area contributed by atoms with Crippen LogP contribution in [0.15, 0.2) is 27.6 Å². The quantitative estimate of drug-likeness (QED) is 0.782. The third-order valence-electron chi connectivity index (χ3n) is 2.53. The average Bonchev–Trinajstić information content (AvgIpc) is 2.65. The molecule has 1 saturated heterocycles. The van der Waals surface area contributed by atoms with Gasteiger partial charge < -0.3 is 4.74 Å². The van der Waals surface area contributed by atoms with Gasteiger partial charge in [-0.25, -0.2) is 0 Å². The number of nitriles is 1. The van der Waals surface area contributed by atoms with Crippen molar-refractivity contribution < 1.29 is 14.3 Å². The summed E-state index contributed by atoms with van der Waals surface area (Å²) >= 11 is 4.24. The maximum Gasteiger partial charge on any atom is 0.293 e. The first-order chi connectivity index (χ1) is 9.52. The first kappa shape index (κ1) is 14.6. The van der Waals surface area contributed by atoms with Crippen LogP contribution in [0, 0.1) is 11.3 Å². The number of amides is 2. The van der Waals surface area contributed by atoms with E-state index in [-0.39, 0.29) is 17.8 Å². The summed E-state index contributed by atoms with van der Waals surface area (Å²) in [5.74, 6) is 0.244. The number of carbonyl (C=O) groups is 2. The van der Waals surface area contributed by atoms with E-state index in [4.69, 9.17) is 10.00 Å². The molecule has 1 aromatic rings. The number of hydrogen-bond donors (Lipinski definition) is 0. The molecular formula is C13H9BrN2O3S. The summed E-state index contributed by atoms with van der Waals surface area (Å²) in [5.41, 5.74) is 0.764. The van der Waals surface area contributed by atoms with E-state index in [1.54, 1.807) is 24.3 Å². The number of imide groups is 1. The molecule has 2 rings (SSSR count). The highest BCUT2D eigenvalue weighted by atomic mass is 79.9. The number of carbonyl (C=O) groups excluding carboxylic acids is 2. The van der Waals surface area contributed by atoms with Gasteiger partial charge in [-0.05, 0) is 51.5 Å². The van der Waals surface area contributed by atoms with E-state index in [0.29, 0.717) is 15.1 Å². The lowest BCUT2D eigenvalue weighted by atomic mass is 10.2. The van der Waals surface area contributed by atoms with Crippen molar-refractivity contribution in [3.8, 4) is 11.8 Å². The zero-order chi connectivity index (χ0) is 14.7. The molecule has 1 heterocycles. The highest BCUT2D eigenvalue weighted by molar-refractivity contribution is 9.10. The summed E-state index contributed by atoms with van der Waals surface area (Å²) in [7, 11) is 1.45. The molecule has 5 nitrogen and oxygen atoms in total. The van der Waals surface area contributed by atoms with Gasteiger partial charge in [-0.3, -0.25) is 14.5 Å². The lowest BCUT2D eigenvalue weighted by Gasteiger charge is -2.05. The molecule has 0 saturated carbocycles. The third kappa shape index (κ3) is 3.03. The smallest absolute Gasteiger partial charge is 0.293 e. The van der Waals surface area contributed by atoms with Crippen LogP contribution in [-0.4, -0.2) is 29.7 Å². The fraction of sp³-hybridized carbons (Fsp3) is 0.154. The number of likely N-dealkylation sites (N-methyl/N-ethyl adjacent to an activating group) is 1. The van der Waals surface area contributed by atoms with E-state index in [2.05, 4.69) is 15.9 Å². The number of ether oxygens (including phenoxy) is 1. The Morgan fingerprint density at radius 2 is 2.25 bits per heavy atom. The highest BCUT2D eigenvalue weighted by Crippen LogP contribution is 2.32. The molecule has 0 spiro atoms. The maximum atomic E-state index is 11.8. The van der Waals surface area contributed by atoms with Gasteiger partial charge in [0.15, 0.2) is 6.61 Å². The molecule has 2 amide bonds. The fourth-order valence-electron chi connectivity index (χ4n) is 1.53. The second kappa shape index (κ2) is 6.11. The lowest BCUT2D eigenvalue weighted by Crippen LogP contribution is -2.22. The van der Waals surface area contributed by atoms with Crippen molar-refractivity contribution in [3.63, 3.8) is 0 Å². The molecule has 0 bridgehead atoms. The number of hydrogen-bond acceptors (Lipinski definition) is 5. The summed E-state index contributed by atoms with van der Waals surface area (Å²) < 4.78 is 5.88. The van der Waals surface area contributed by atoms with Crippen LogP contribution in [-0.2, 0) is 4.79 Å². The first-order valence-electron chi connectivity index (χ1n) is 5.54. The second-order valence-corrected chi connectivity index (χ2v) is 5.72. The molecule has 0 radical (unpaired) electrons. The predicted molar refractivity (Wildman–Crippen MR) is 79.0 cm³/mol. The summed E-state index contributed by atoms with van der Waals surface area (Å²) in [4.78, 5) is 24.6. The molecule has 0 aromatic heterocycles. The SMILES string of the molecule is CN1C(=O)S/C(=C\c2ccc(OCC#N)c(Br)c2)C1=O. The van der Waals surface area contributed by atoms with E-state index in [0.717, 1.165) is 22.2 Å². The van der Waals surface area contributed by atoms with Crippen LogP contribution in [0.25, 0.3) is 6.08 Å². The van der Waals surface area contributed by atoms with Crippen molar-refractivity contribution in [3.05, 3.63) is 33.1 Å². The summed E-state index contributed by atoms with van der Waals surface area (Å²) in [6.07, 6.45) is 1.65. The molecule has 102 valence electrons.